The summed E-state index contributed by atoms with van der Waals surface area (Å²) in [5.41, 5.74) is 0. The highest BCUT2D eigenvalue weighted by atomic mass is 32.1. The Labute approximate surface area is 106 Å². The molecule has 0 amide bonds. The van der Waals surface area contributed by atoms with E-state index in [9.17, 15) is 0 Å². The first-order valence-corrected chi connectivity index (χ1v) is 7.16. The van der Waals surface area contributed by atoms with Crippen LogP contribution in [-0.4, -0.2) is 25.1 Å². The molecular weight excluding hydrogens is 236 g/mol. The Morgan fingerprint density at radius 3 is 2.71 bits per heavy atom. The first-order chi connectivity index (χ1) is 8.36. The Bertz CT molecular complexity index is 334. The Morgan fingerprint density at radius 2 is 2.06 bits per heavy atom. The fourth-order valence-corrected chi connectivity index (χ4v) is 3.20. The molecule has 0 unspecified atom stereocenters. The maximum atomic E-state index is 5.93. The van der Waals surface area contributed by atoms with E-state index >= 15 is 0 Å². The average Bonchev–Trinajstić information content (AvgIpc) is 3.01. The summed E-state index contributed by atoms with van der Waals surface area (Å²) in [7, 11) is 0. The molecule has 1 spiro atoms. The van der Waals surface area contributed by atoms with E-state index in [2.05, 4.69) is 17.5 Å². The topological polar surface area (TPSA) is 27.7 Å². The molecule has 94 valence electrons. The molecule has 0 N–H and O–H groups in total. The molecule has 2 aliphatic rings. The second kappa shape index (κ2) is 5.06. The lowest BCUT2D eigenvalue weighted by molar-refractivity contribution is -0.192. The molecule has 1 aromatic heterocycles. The molecule has 3 rings (SSSR count). The third-order valence-corrected chi connectivity index (χ3v) is 4.40. The predicted molar refractivity (Wildman–Crippen MR) is 66.0 cm³/mol. The molecule has 0 bridgehead atoms. The minimum absolute atomic E-state index is 0.261. The Balaban J connectivity index is 1.45. The summed E-state index contributed by atoms with van der Waals surface area (Å²) in [6, 6.07) is 4.19. The summed E-state index contributed by atoms with van der Waals surface area (Å²) < 4.78 is 17.3. The molecule has 17 heavy (non-hydrogen) atoms. The Hall–Kier alpha value is -0.420. The van der Waals surface area contributed by atoms with E-state index in [1.807, 2.05) is 0 Å². The minimum atomic E-state index is -0.261. The second-order valence-corrected chi connectivity index (χ2v) is 5.73. The number of hydrogen-bond acceptors (Lipinski definition) is 4. The SMILES string of the molecule is c1csc(COC2CCC3(CC2)OCCO3)c1. The van der Waals surface area contributed by atoms with Crippen molar-refractivity contribution in [1.29, 1.82) is 0 Å². The van der Waals surface area contributed by atoms with Gasteiger partial charge >= 0.3 is 0 Å². The van der Waals surface area contributed by atoms with Crippen LogP contribution in [0.5, 0.6) is 0 Å². The fraction of sp³-hybridized carbons (Fsp3) is 0.692. The van der Waals surface area contributed by atoms with Crippen LogP contribution >= 0.6 is 11.3 Å². The standard InChI is InChI=1S/C13H18O3S/c1-2-12(17-9-1)10-14-11-3-5-13(6-4-11)15-7-8-16-13/h1-2,9,11H,3-8,10H2. The highest BCUT2D eigenvalue weighted by Crippen LogP contribution is 2.36. The van der Waals surface area contributed by atoms with Crippen molar-refractivity contribution in [2.45, 2.75) is 44.2 Å². The molecule has 0 atom stereocenters. The van der Waals surface area contributed by atoms with Gasteiger partial charge in [0.25, 0.3) is 0 Å². The van der Waals surface area contributed by atoms with Gasteiger partial charge in [0.1, 0.15) is 0 Å². The third-order valence-electron chi connectivity index (χ3n) is 3.55. The van der Waals surface area contributed by atoms with Crippen molar-refractivity contribution in [3.05, 3.63) is 22.4 Å². The van der Waals surface area contributed by atoms with Gasteiger partial charge in [0.15, 0.2) is 5.79 Å². The summed E-state index contributed by atoms with van der Waals surface area (Å²) in [6.45, 7) is 2.25. The van der Waals surface area contributed by atoms with Crippen molar-refractivity contribution in [3.63, 3.8) is 0 Å². The molecule has 0 radical (unpaired) electrons. The maximum absolute atomic E-state index is 5.93. The quantitative estimate of drug-likeness (QED) is 0.830. The largest absolute Gasteiger partial charge is 0.373 e. The number of ether oxygens (including phenoxy) is 3. The van der Waals surface area contributed by atoms with Gasteiger partial charge in [0.2, 0.25) is 0 Å². The smallest absolute Gasteiger partial charge is 0.168 e. The number of hydrogen-bond donors (Lipinski definition) is 0. The van der Waals surface area contributed by atoms with Crippen molar-refractivity contribution in [2.75, 3.05) is 13.2 Å². The molecule has 3 nitrogen and oxygen atoms in total. The van der Waals surface area contributed by atoms with E-state index in [1.54, 1.807) is 11.3 Å². The average molecular weight is 254 g/mol. The van der Waals surface area contributed by atoms with Crippen molar-refractivity contribution < 1.29 is 14.2 Å². The normalized spacial score (nSPS) is 24.5. The van der Waals surface area contributed by atoms with Gasteiger partial charge in [-0.05, 0) is 24.3 Å². The van der Waals surface area contributed by atoms with Crippen LogP contribution in [0.2, 0.25) is 0 Å². The van der Waals surface area contributed by atoms with Crippen LogP contribution in [0.15, 0.2) is 17.5 Å². The molecule has 1 saturated heterocycles. The maximum Gasteiger partial charge on any atom is 0.168 e. The van der Waals surface area contributed by atoms with Crippen molar-refractivity contribution in [2.24, 2.45) is 0 Å². The summed E-state index contributed by atoms with van der Waals surface area (Å²) in [6.07, 6.45) is 4.41. The molecule has 0 aromatic carbocycles. The highest BCUT2D eigenvalue weighted by Gasteiger charge is 2.40. The minimum Gasteiger partial charge on any atom is -0.373 e. The predicted octanol–water partition coefficient (Wildman–Crippen LogP) is 2.95. The van der Waals surface area contributed by atoms with Crippen LogP contribution in [0.1, 0.15) is 30.6 Å². The van der Waals surface area contributed by atoms with Crippen molar-refractivity contribution >= 4 is 11.3 Å². The number of thiophene rings is 1. The van der Waals surface area contributed by atoms with Gasteiger partial charge in [0, 0.05) is 17.7 Å². The summed E-state index contributed by atoms with van der Waals surface area (Å²) >= 11 is 1.76. The Morgan fingerprint density at radius 1 is 1.29 bits per heavy atom. The van der Waals surface area contributed by atoms with Crippen LogP contribution in [0, 0.1) is 0 Å². The zero-order chi connectivity index (χ0) is 11.6. The molecule has 1 saturated carbocycles. The second-order valence-electron chi connectivity index (χ2n) is 4.70. The third kappa shape index (κ3) is 2.71. The molecule has 1 aliphatic carbocycles. The van der Waals surface area contributed by atoms with Crippen molar-refractivity contribution in [1.82, 2.24) is 0 Å². The van der Waals surface area contributed by atoms with Crippen LogP contribution in [0.25, 0.3) is 0 Å². The van der Waals surface area contributed by atoms with Crippen LogP contribution in [-0.2, 0) is 20.8 Å². The van der Waals surface area contributed by atoms with Crippen LogP contribution in [0.4, 0.5) is 0 Å². The summed E-state index contributed by atoms with van der Waals surface area (Å²) in [5, 5.41) is 2.09. The van der Waals surface area contributed by atoms with Gasteiger partial charge in [-0.25, -0.2) is 0 Å². The van der Waals surface area contributed by atoms with E-state index < -0.39 is 0 Å². The van der Waals surface area contributed by atoms with E-state index in [0.717, 1.165) is 45.5 Å². The molecule has 2 fully saturated rings. The lowest BCUT2D eigenvalue weighted by Crippen LogP contribution is -2.37. The lowest BCUT2D eigenvalue weighted by atomic mass is 9.92. The Kier molecular flexibility index (Phi) is 3.47. The first kappa shape index (κ1) is 11.7. The fourth-order valence-electron chi connectivity index (χ4n) is 2.58. The number of rotatable bonds is 3. The highest BCUT2D eigenvalue weighted by molar-refractivity contribution is 7.09. The van der Waals surface area contributed by atoms with Gasteiger partial charge in [-0.1, -0.05) is 6.07 Å². The van der Waals surface area contributed by atoms with Gasteiger partial charge in [-0.3, -0.25) is 0 Å². The van der Waals surface area contributed by atoms with E-state index in [-0.39, 0.29) is 5.79 Å². The van der Waals surface area contributed by atoms with E-state index in [4.69, 9.17) is 14.2 Å². The zero-order valence-electron chi connectivity index (χ0n) is 9.89. The van der Waals surface area contributed by atoms with Gasteiger partial charge in [-0.2, -0.15) is 0 Å². The van der Waals surface area contributed by atoms with E-state index in [1.165, 1.54) is 4.88 Å². The first-order valence-electron chi connectivity index (χ1n) is 6.28. The molecule has 4 heteroatoms. The van der Waals surface area contributed by atoms with Crippen molar-refractivity contribution in [3.8, 4) is 0 Å². The molecule has 1 aromatic rings. The molecule has 1 aliphatic heterocycles. The molecular formula is C13H18O3S. The van der Waals surface area contributed by atoms with Gasteiger partial charge in [-0.15, -0.1) is 11.3 Å². The lowest BCUT2D eigenvalue weighted by Gasteiger charge is -2.35. The monoisotopic (exact) mass is 254 g/mol. The van der Waals surface area contributed by atoms with E-state index in [0.29, 0.717) is 6.10 Å². The van der Waals surface area contributed by atoms with Crippen LogP contribution < -0.4 is 0 Å². The summed E-state index contributed by atoms with van der Waals surface area (Å²) in [4.78, 5) is 1.30. The summed E-state index contributed by atoms with van der Waals surface area (Å²) in [5.74, 6) is -0.261. The van der Waals surface area contributed by atoms with Gasteiger partial charge < -0.3 is 14.2 Å². The molecule has 2 heterocycles. The zero-order valence-corrected chi connectivity index (χ0v) is 10.7. The van der Waals surface area contributed by atoms with Gasteiger partial charge in [0.05, 0.1) is 25.9 Å². The van der Waals surface area contributed by atoms with Crippen LogP contribution in [0.3, 0.4) is 0 Å².